The summed E-state index contributed by atoms with van der Waals surface area (Å²) in [6, 6.07) is 7.16. The fraction of sp³-hybridized carbons (Fsp3) is 0.286. The number of amides is 1. The lowest BCUT2D eigenvalue weighted by Gasteiger charge is -2.14. The van der Waals surface area contributed by atoms with Crippen molar-refractivity contribution in [3.63, 3.8) is 0 Å². The zero-order valence-corrected chi connectivity index (χ0v) is 17.5. The van der Waals surface area contributed by atoms with Crippen molar-refractivity contribution < 1.29 is 18.7 Å². The quantitative estimate of drug-likeness (QED) is 0.488. The summed E-state index contributed by atoms with van der Waals surface area (Å²) >= 11 is 0. The van der Waals surface area contributed by atoms with Gasteiger partial charge in [-0.15, -0.1) is 0 Å². The molecule has 10 nitrogen and oxygen atoms in total. The van der Waals surface area contributed by atoms with E-state index in [0.717, 1.165) is 15.6 Å². The van der Waals surface area contributed by atoms with Crippen molar-refractivity contribution in [2.45, 2.75) is 33.4 Å². The van der Waals surface area contributed by atoms with E-state index in [9.17, 15) is 14.4 Å². The highest BCUT2D eigenvalue weighted by Gasteiger charge is 2.22. The Balaban J connectivity index is 1.47. The van der Waals surface area contributed by atoms with Crippen LogP contribution < -0.4 is 10.9 Å². The molecule has 3 aromatic heterocycles. The molecule has 4 aromatic rings. The predicted molar refractivity (Wildman–Crippen MR) is 113 cm³/mol. The van der Waals surface area contributed by atoms with Crippen LogP contribution in [0.5, 0.6) is 0 Å². The van der Waals surface area contributed by atoms with Crippen molar-refractivity contribution in [2.24, 2.45) is 7.05 Å². The van der Waals surface area contributed by atoms with Gasteiger partial charge in [0.05, 0.1) is 23.4 Å². The minimum Gasteiger partial charge on any atom is -0.451 e. The minimum absolute atomic E-state index is 0.0600. The summed E-state index contributed by atoms with van der Waals surface area (Å²) in [5.74, 6) is -1.24. The average molecular weight is 423 g/mol. The number of esters is 1. The number of hydrogen-bond donors (Lipinski definition) is 1. The maximum atomic E-state index is 12.7. The van der Waals surface area contributed by atoms with E-state index in [0.29, 0.717) is 22.5 Å². The van der Waals surface area contributed by atoms with E-state index in [4.69, 9.17) is 9.15 Å². The van der Waals surface area contributed by atoms with Crippen molar-refractivity contribution in [1.82, 2.24) is 19.3 Å². The van der Waals surface area contributed by atoms with Crippen LogP contribution in [0.4, 0.5) is 5.69 Å². The molecule has 0 aliphatic carbocycles. The van der Waals surface area contributed by atoms with Crippen molar-refractivity contribution in [2.75, 3.05) is 5.32 Å². The minimum atomic E-state index is -1.06. The molecule has 10 heteroatoms. The number of aryl methyl sites for hydroxylation is 2. The van der Waals surface area contributed by atoms with Gasteiger partial charge in [0.25, 0.3) is 11.5 Å². The van der Waals surface area contributed by atoms with Crippen LogP contribution in [0.15, 0.2) is 39.8 Å². The van der Waals surface area contributed by atoms with Gasteiger partial charge in [-0.3, -0.25) is 23.6 Å². The van der Waals surface area contributed by atoms with Crippen LogP contribution in [0.1, 0.15) is 18.3 Å². The summed E-state index contributed by atoms with van der Waals surface area (Å²) in [6.07, 6.45) is 0.200. The molecule has 0 fully saturated rings. The van der Waals surface area contributed by atoms with E-state index >= 15 is 0 Å². The summed E-state index contributed by atoms with van der Waals surface area (Å²) in [5, 5.41) is 7.67. The molecule has 0 saturated carbocycles. The summed E-state index contributed by atoms with van der Waals surface area (Å²) < 4.78 is 13.5. The van der Waals surface area contributed by atoms with E-state index in [2.05, 4.69) is 15.4 Å². The normalized spacial score (nSPS) is 12.3. The molecule has 31 heavy (non-hydrogen) atoms. The topological polar surface area (TPSA) is 121 Å². The first-order valence-electron chi connectivity index (χ1n) is 9.63. The molecule has 1 atom stereocenters. The van der Waals surface area contributed by atoms with Gasteiger partial charge in [-0.2, -0.15) is 5.10 Å². The predicted octanol–water partition coefficient (Wildman–Crippen LogP) is 2.06. The molecular formula is C21H21N5O5. The molecule has 0 spiro atoms. The molecule has 1 unspecified atom stereocenters. The third-order valence-corrected chi connectivity index (χ3v) is 5.08. The van der Waals surface area contributed by atoms with Crippen molar-refractivity contribution in [3.05, 3.63) is 52.3 Å². The Morgan fingerprint density at radius 2 is 2.00 bits per heavy atom. The van der Waals surface area contributed by atoms with E-state index in [1.807, 2.05) is 13.0 Å². The van der Waals surface area contributed by atoms with Crippen molar-refractivity contribution >= 4 is 39.6 Å². The zero-order valence-electron chi connectivity index (χ0n) is 17.5. The third-order valence-electron chi connectivity index (χ3n) is 5.08. The van der Waals surface area contributed by atoms with Gasteiger partial charge < -0.3 is 14.5 Å². The molecular weight excluding hydrogens is 402 g/mol. The van der Waals surface area contributed by atoms with Crippen molar-refractivity contribution in [3.8, 4) is 0 Å². The lowest BCUT2D eigenvalue weighted by molar-refractivity contribution is -0.153. The Labute approximate surface area is 176 Å². The highest BCUT2D eigenvalue weighted by Crippen LogP contribution is 2.24. The average Bonchev–Trinajstić information content (AvgIpc) is 3.22. The fourth-order valence-electron chi connectivity index (χ4n) is 3.33. The maximum absolute atomic E-state index is 12.7. The van der Waals surface area contributed by atoms with Crippen LogP contribution in [-0.4, -0.2) is 37.3 Å². The summed E-state index contributed by atoms with van der Waals surface area (Å²) in [5.41, 5.74) is 2.53. The SMILES string of the molecule is Cc1nn(C)c(C)c1NC(=O)C(C)OC(=O)Cn1cnc2c(oc3ccccc32)c1=O. The lowest BCUT2D eigenvalue weighted by Crippen LogP contribution is -2.33. The molecule has 0 radical (unpaired) electrons. The second kappa shape index (κ2) is 7.71. The van der Waals surface area contributed by atoms with Crippen LogP contribution in [0.25, 0.3) is 22.1 Å². The fourth-order valence-corrected chi connectivity index (χ4v) is 3.33. The third kappa shape index (κ3) is 3.67. The Morgan fingerprint density at radius 3 is 2.71 bits per heavy atom. The van der Waals surface area contributed by atoms with E-state index in [1.54, 1.807) is 36.9 Å². The Morgan fingerprint density at radius 1 is 1.26 bits per heavy atom. The van der Waals surface area contributed by atoms with Gasteiger partial charge in [0.1, 0.15) is 17.6 Å². The number of ether oxygens (including phenoxy) is 1. The van der Waals surface area contributed by atoms with Crippen molar-refractivity contribution in [1.29, 1.82) is 0 Å². The molecule has 3 heterocycles. The number of carbonyl (C=O) groups excluding carboxylic acids is 2. The molecule has 0 bridgehead atoms. The van der Waals surface area contributed by atoms with Crippen LogP contribution in [0.2, 0.25) is 0 Å². The molecule has 160 valence electrons. The van der Waals surface area contributed by atoms with Gasteiger partial charge >= 0.3 is 5.97 Å². The van der Waals surface area contributed by atoms with E-state index < -0.39 is 30.1 Å². The highest BCUT2D eigenvalue weighted by atomic mass is 16.5. The number of rotatable bonds is 5. The first-order valence-corrected chi connectivity index (χ1v) is 9.63. The molecule has 4 rings (SSSR count). The number of nitrogens with zero attached hydrogens (tertiary/aromatic N) is 4. The number of carbonyl (C=O) groups is 2. The Hall–Kier alpha value is -3.95. The number of furan rings is 1. The van der Waals surface area contributed by atoms with Gasteiger partial charge in [0.2, 0.25) is 5.58 Å². The van der Waals surface area contributed by atoms with Gasteiger partial charge in [-0.25, -0.2) is 4.98 Å². The highest BCUT2D eigenvalue weighted by molar-refractivity contribution is 6.01. The van der Waals surface area contributed by atoms with Gasteiger partial charge in [-0.1, -0.05) is 12.1 Å². The summed E-state index contributed by atoms with van der Waals surface area (Å²) in [7, 11) is 1.77. The van der Waals surface area contributed by atoms with E-state index in [1.165, 1.54) is 13.3 Å². The largest absolute Gasteiger partial charge is 0.451 e. The van der Waals surface area contributed by atoms with Gasteiger partial charge in [-0.05, 0) is 32.9 Å². The first kappa shape index (κ1) is 20.3. The van der Waals surface area contributed by atoms with Gasteiger partial charge in [0, 0.05) is 12.4 Å². The number of aromatic nitrogens is 4. The van der Waals surface area contributed by atoms with Crippen LogP contribution >= 0.6 is 0 Å². The number of para-hydroxylation sites is 1. The molecule has 1 amide bonds. The number of fused-ring (bicyclic) bond motifs is 3. The summed E-state index contributed by atoms with van der Waals surface area (Å²) in [6.45, 7) is 4.64. The zero-order chi connectivity index (χ0) is 22.3. The first-order chi connectivity index (χ1) is 14.8. The Bertz CT molecular complexity index is 1380. The smallest absolute Gasteiger partial charge is 0.326 e. The lowest BCUT2D eigenvalue weighted by atomic mass is 10.2. The molecule has 0 aliphatic heterocycles. The molecule has 0 saturated heterocycles. The summed E-state index contributed by atoms with van der Waals surface area (Å²) in [4.78, 5) is 41.7. The number of benzene rings is 1. The number of nitrogens with one attached hydrogen (secondary N) is 1. The second-order valence-corrected chi connectivity index (χ2v) is 7.24. The standard InChI is InChI=1S/C21H21N5O5/c1-11-17(12(2)25(4)24-11)23-20(28)13(3)30-16(27)9-26-10-22-18-14-7-5-6-8-15(14)31-19(18)21(26)29/h5-8,10,13H,9H2,1-4H3,(H,23,28). The maximum Gasteiger partial charge on any atom is 0.326 e. The number of hydrogen-bond acceptors (Lipinski definition) is 7. The molecule has 1 N–H and O–H groups in total. The van der Waals surface area contributed by atoms with E-state index in [-0.39, 0.29) is 5.58 Å². The van der Waals surface area contributed by atoms with Crippen LogP contribution in [-0.2, 0) is 27.9 Å². The van der Waals surface area contributed by atoms with Gasteiger partial charge in [0.15, 0.2) is 6.10 Å². The monoisotopic (exact) mass is 423 g/mol. The second-order valence-electron chi connectivity index (χ2n) is 7.24. The Kier molecular flexibility index (Phi) is 5.05. The molecule has 0 aliphatic rings. The van der Waals surface area contributed by atoms with Crippen LogP contribution in [0, 0.1) is 13.8 Å². The molecule has 1 aromatic carbocycles. The number of anilines is 1. The van der Waals surface area contributed by atoms with Crippen LogP contribution in [0.3, 0.4) is 0 Å².